The molecule has 0 amide bonds. The molecule has 0 aliphatic heterocycles. The Bertz CT molecular complexity index is 1160. The summed E-state index contributed by atoms with van der Waals surface area (Å²) in [6.45, 7) is 2.24. The average Bonchev–Trinajstić information content (AvgIpc) is 2.95. The van der Waals surface area contributed by atoms with Gasteiger partial charge in [-0.3, -0.25) is 0 Å². The van der Waals surface area contributed by atoms with Crippen LogP contribution in [0.25, 0.3) is 11.1 Å². The van der Waals surface area contributed by atoms with Crippen LogP contribution in [0, 0.1) is 46.8 Å². The largest absolute Gasteiger partial charge is 0.477 e. The summed E-state index contributed by atoms with van der Waals surface area (Å²) in [5.74, 6) is -7.47. The Morgan fingerprint density at radius 3 is 1.80 bits per heavy atom. The molecule has 0 bridgehead atoms. The number of carbonyl (C=O) groups is 1. The van der Waals surface area contributed by atoms with Crippen LogP contribution in [-0.4, -0.2) is 11.1 Å². The minimum atomic E-state index is -1.82. The van der Waals surface area contributed by atoms with Crippen LogP contribution in [-0.2, 0) is 0 Å². The third kappa shape index (κ3) is 7.70. The highest BCUT2D eigenvalue weighted by molar-refractivity contribution is 5.91. The molecule has 2 aliphatic rings. The van der Waals surface area contributed by atoms with E-state index in [1.807, 2.05) is 0 Å². The minimum absolute atomic E-state index is 0.187. The first-order valence-electron chi connectivity index (χ1n) is 15.6. The summed E-state index contributed by atoms with van der Waals surface area (Å²) < 4.78 is 72.0. The van der Waals surface area contributed by atoms with Gasteiger partial charge in [0.25, 0.3) is 0 Å². The van der Waals surface area contributed by atoms with Crippen molar-refractivity contribution in [1.82, 2.24) is 0 Å². The van der Waals surface area contributed by atoms with Crippen LogP contribution < -0.4 is 0 Å². The summed E-state index contributed by atoms with van der Waals surface area (Å²) in [5.41, 5.74) is -1.70. The van der Waals surface area contributed by atoms with Gasteiger partial charge in [-0.25, -0.2) is 26.7 Å². The molecule has 2 aromatic rings. The molecule has 0 unspecified atom stereocenters. The molecule has 0 heterocycles. The van der Waals surface area contributed by atoms with Crippen LogP contribution in [0.3, 0.4) is 0 Å². The molecule has 4 rings (SSSR count). The first-order chi connectivity index (χ1) is 19.7. The van der Waals surface area contributed by atoms with Crippen molar-refractivity contribution in [3.8, 4) is 11.1 Å². The van der Waals surface area contributed by atoms with Crippen molar-refractivity contribution in [2.75, 3.05) is 0 Å². The van der Waals surface area contributed by atoms with E-state index in [1.54, 1.807) is 0 Å². The average molecular weight is 579 g/mol. The van der Waals surface area contributed by atoms with Gasteiger partial charge < -0.3 is 5.11 Å². The van der Waals surface area contributed by atoms with E-state index in [0.29, 0.717) is 36.8 Å². The summed E-state index contributed by atoms with van der Waals surface area (Å²) in [6.07, 6.45) is 18.7. The fraction of sp³-hybridized carbons (Fsp3) is 0.618. The lowest BCUT2D eigenvalue weighted by molar-refractivity contribution is 0.0686. The van der Waals surface area contributed by atoms with Gasteiger partial charge in [-0.1, -0.05) is 71.1 Å². The Hall–Kier alpha value is -2.44. The molecule has 2 aliphatic carbocycles. The highest BCUT2D eigenvalue weighted by atomic mass is 19.2. The molecule has 1 N–H and O–H groups in total. The second-order valence-electron chi connectivity index (χ2n) is 12.4. The predicted octanol–water partition coefficient (Wildman–Crippen LogP) is 11.0. The maximum atomic E-state index is 15.5. The van der Waals surface area contributed by atoms with Gasteiger partial charge in [0.05, 0.1) is 0 Å². The van der Waals surface area contributed by atoms with Crippen LogP contribution in [0.1, 0.15) is 131 Å². The number of aromatic carboxylic acids is 1. The Labute approximate surface area is 240 Å². The second kappa shape index (κ2) is 14.6. The number of hydrogen-bond donors (Lipinski definition) is 1. The lowest BCUT2D eigenvalue weighted by atomic mass is 9.67. The summed E-state index contributed by atoms with van der Waals surface area (Å²) >= 11 is 0. The van der Waals surface area contributed by atoms with E-state index in [0.717, 1.165) is 24.8 Å². The third-order valence-electron chi connectivity index (χ3n) is 9.72. The zero-order valence-corrected chi connectivity index (χ0v) is 24.1. The van der Waals surface area contributed by atoms with Gasteiger partial charge in [-0.2, -0.15) is 0 Å². The van der Waals surface area contributed by atoms with Gasteiger partial charge in [0.1, 0.15) is 17.2 Å². The molecule has 0 spiro atoms. The molecule has 7 heteroatoms. The fourth-order valence-corrected chi connectivity index (χ4v) is 7.39. The molecule has 2 aromatic carbocycles. The Morgan fingerprint density at radius 2 is 1.24 bits per heavy atom. The molecule has 226 valence electrons. The number of hydrogen-bond acceptors (Lipinski definition) is 1. The molecular weight excluding hydrogens is 535 g/mol. The van der Waals surface area contributed by atoms with E-state index in [1.165, 1.54) is 77.0 Å². The van der Waals surface area contributed by atoms with Gasteiger partial charge in [0.15, 0.2) is 17.5 Å². The molecule has 41 heavy (non-hydrogen) atoms. The summed E-state index contributed by atoms with van der Waals surface area (Å²) in [6, 6.07) is 2.27. The van der Waals surface area contributed by atoms with Crippen molar-refractivity contribution in [3.05, 3.63) is 58.4 Å². The van der Waals surface area contributed by atoms with Gasteiger partial charge in [0, 0.05) is 5.56 Å². The number of halogens is 5. The lowest BCUT2D eigenvalue weighted by Gasteiger charge is -2.38. The van der Waals surface area contributed by atoms with Crippen molar-refractivity contribution in [3.63, 3.8) is 0 Å². The highest BCUT2D eigenvalue weighted by Crippen LogP contribution is 2.47. The Morgan fingerprint density at radius 1 is 0.707 bits per heavy atom. The highest BCUT2D eigenvalue weighted by Gasteiger charge is 2.34. The van der Waals surface area contributed by atoms with Crippen LogP contribution in [0.4, 0.5) is 22.0 Å². The predicted molar refractivity (Wildman–Crippen MR) is 151 cm³/mol. The number of unbranched alkanes of at least 4 members (excludes halogenated alkanes) is 6. The maximum Gasteiger partial charge on any atom is 0.341 e. The number of carboxylic acids is 1. The van der Waals surface area contributed by atoms with Crippen molar-refractivity contribution < 1.29 is 31.9 Å². The summed E-state index contributed by atoms with van der Waals surface area (Å²) in [4.78, 5) is 11.6. The van der Waals surface area contributed by atoms with Gasteiger partial charge >= 0.3 is 5.97 Å². The summed E-state index contributed by atoms with van der Waals surface area (Å²) in [7, 11) is 0. The second-order valence-corrected chi connectivity index (χ2v) is 12.4. The minimum Gasteiger partial charge on any atom is -0.477 e. The van der Waals surface area contributed by atoms with Crippen molar-refractivity contribution in [2.45, 2.75) is 116 Å². The van der Waals surface area contributed by atoms with E-state index >= 15 is 4.39 Å². The first-order valence-corrected chi connectivity index (χ1v) is 15.6. The fourth-order valence-electron chi connectivity index (χ4n) is 7.39. The molecular formula is C34H43F5O2. The zero-order valence-electron chi connectivity index (χ0n) is 24.1. The standard InChI is InChI=1S/C34H43F5O2/c1-2-3-4-5-6-7-8-9-21-10-12-22(13-11-21)23-14-16-24(17-15-23)26-20-27(35)31(34(40)41)33(39)30(26)25-18-28(36)32(38)29(37)19-25/h18-24H,2-17H2,1H3,(H,40,41)/t21-,22-,23?,24?. The molecule has 2 saturated carbocycles. The summed E-state index contributed by atoms with van der Waals surface area (Å²) in [5, 5.41) is 9.38. The van der Waals surface area contributed by atoms with Crippen molar-refractivity contribution in [2.24, 2.45) is 17.8 Å². The first kappa shape index (κ1) is 31.5. The SMILES string of the molecule is CCCCCCCCC[C@H]1CC[C@H](C2CCC(c3cc(F)c(C(=O)O)c(F)c3-c3cc(F)c(F)c(F)c3)CC2)CC1. The van der Waals surface area contributed by atoms with Gasteiger partial charge in [-0.05, 0) is 91.5 Å². The smallest absolute Gasteiger partial charge is 0.341 e. The molecule has 2 nitrogen and oxygen atoms in total. The zero-order chi connectivity index (χ0) is 29.5. The van der Waals surface area contributed by atoms with Crippen molar-refractivity contribution in [1.29, 1.82) is 0 Å². The van der Waals surface area contributed by atoms with Crippen LogP contribution in [0.2, 0.25) is 0 Å². The number of benzene rings is 2. The molecule has 0 radical (unpaired) electrons. The topological polar surface area (TPSA) is 37.3 Å². The van der Waals surface area contributed by atoms with E-state index in [-0.39, 0.29) is 22.6 Å². The van der Waals surface area contributed by atoms with Crippen LogP contribution in [0.5, 0.6) is 0 Å². The molecule has 0 saturated heterocycles. The van der Waals surface area contributed by atoms with Gasteiger partial charge in [-0.15, -0.1) is 0 Å². The quantitative estimate of drug-likeness (QED) is 0.155. The normalized spacial score (nSPS) is 23.1. The van der Waals surface area contributed by atoms with E-state index in [4.69, 9.17) is 0 Å². The van der Waals surface area contributed by atoms with E-state index in [2.05, 4.69) is 6.92 Å². The molecule has 0 aromatic heterocycles. The monoisotopic (exact) mass is 578 g/mol. The van der Waals surface area contributed by atoms with E-state index < -0.39 is 40.6 Å². The Kier molecular flexibility index (Phi) is 11.2. The molecule has 0 atom stereocenters. The van der Waals surface area contributed by atoms with Crippen molar-refractivity contribution >= 4 is 5.97 Å². The number of carboxylic acid groups (broad SMARTS) is 1. The third-order valence-corrected chi connectivity index (χ3v) is 9.72. The van der Waals surface area contributed by atoms with Gasteiger partial charge in [0.2, 0.25) is 0 Å². The van der Waals surface area contributed by atoms with Crippen LogP contribution in [0.15, 0.2) is 18.2 Å². The Balaban J connectivity index is 1.38. The number of rotatable bonds is 12. The molecule has 2 fully saturated rings. The van der Waals surface area contributed by atoms with E-state index in [9.17, 15) is 27.5 Å². The maximum absolute atomic E-state index is 15.5. The van der Waals surface area contributed by atoms with Crippen LogP contribution >= 0.6 is 0 Å². The lowest BCUT2D eigenvalue weighted by Crippen LogP contribution is -2.25.